The summed E-state index contributed by atoms with van der Waals surface area (Å²) < 4.78 is 1.28. The molecule has 2 rings (SSSR count). The van der Waals surface area contributed by atoms with E-state index in [0.717, 1.165) is 19.3 Å². The first-order valence-corrected chi connectivity index (χ1v) is 10.1. The topological polar surface area (TPSA) is 37.3 Å². The molecule has 1 N–H and O–H groups in total. The first kappa shape index (κ1) is 20.7. The van der Waals surface area contributed by atoms with Crippen LogP contribution in [0.4, 0.5) is 0 Å². The number of hydrogen-bond acceptors (Lipinski definition) is 1. The van der Waals surface area contributed by atoms with Gasteiger partial charge < -0.3 is 5.11 Å². The van der Waals surface area contributed by atoms with Crippen molar-refractivity contribution in [2.75, 3.05) is 4.43 Å². The number of carboxylic acids is 1. The van der Waals surface area contributed by atoms with Gasteiger partial charge in [0.25, 0.3) is 0 Å². The van der Waals surface area contributed by atoms with Gasteiger partial charge in [0, 0.05) is 7.85 Å². The summed E-state index contributed by atoms with van der Waals surface area (Å²) in [6.07, 6.45) is 6.90. The van der Waals surface area contributed by atoms with Gasteiger partial charge in [-0.2, -0.15) is 0 Å². The summed E-state index contributed by atoms with van der Waals surface area (Å²) in [6, 6.07) is 20.8. The predicted octanol–water partition coefficient (Wildman–Crippen LogP) is 6.17. The Hall–Kier alpha value is -1.36. The van der Waals surface area contributed by atoms with E-state index in [9.17, 15) is 4.79 Å². The van der Waals surface area contributed by atoms with E-state index in [-0.39, 0.29) is 7.85 Å². The van der Waals surface area contributed by atoms with Crippen molar-refractivity contribution < 1.29 is 11.3 Å². The molecule has 24 heavy (non-hydrogen) atoms. The second-order valence-electron chi connectivity index (χ2n) is 5.72. The Morgan fingerprint density at radius 3 is 1.67 bits per heavy atom. The number of rotatable bonds is 9. The van der Waals surface area contributed by atoms with Crippen LogP contribution < -0.4 is 0 Å². The van der Waals surface area contributed by atoms with Crippen LogP contribution in [0.25, 0.3) is 0 Å². The maximum Gasteiger partial charge on any atom is 0.303 e. The molecule has 0 atom stereocenters. The average molecular weight is 441 g/mol. The van der Waals surface area contributed by atoms with Crippen molar-refractivity contribution in [3.63, 3.8) is 0 Å². The normalized spacial score (nSPS) is 9.88. The Balaban J connectivity index is 0.000000449. The number of hydrogen-bond donors (Lipinski definition) is 1. The fraction of sp³-hybridized carbons (Fsp3) is 0.381. The quantitative estimate of drug-likeness (QED) is 0.287. The minimum atomic E-state index is -0.701. The van der Waals surface area contributed by atoms with Crippen LogP contribution in [0, 0.1) is 0 Å². The molecular weight excluding hydrogens is 411 g/mol. The average Bonchev–Trinajstić information content (AvgIpc) is 2.61. The summed E-state index contributed by atoms with van der Waals surface area (Å²) in [4.78, 5) is 10.2. The standard InChI is InChI=1S/C11H14O2.C10H13I.H2/c12-11(13)9-5-4-8-10-6-2-1-3-7-10;11-9-5-4-8-10-6-2-1-3-7-10;/h1-3,6-7H,4-5,8-9H2,(H,12,13);1-3,6-7H,4-5,8-9H2;1H/i;;1+1. The molecule has 0 aliphatic rings. The molecule has 0 heterocycles. The first-order valence-electron chi connectivity index (χ1n) is 8.58. The zero-order chi connectivity index (χ0) is 17.5. The zero-order valence-electron chi connectivity index (χ0n) is 14.2. The smallest absolute Gasteiger partial charge is 0.303 e. The number of carbonyl (C=O) groups is 1. The highest BCUT2D eigenvalue weighted by molar-refractivity contribution is 14.1. The number of aryl methyl sites for hydroxylation is 2. The predicted molar refractivity (Wildman–Crippen MR) is 112 cm³/mol. The highest BCUT2D eigenvalue weighted by Gasteiger charge is 1.96. The summed E-state index contributed by atoms with van der Waals surface area (Å²) in [5, 5.41) is 8.41. The fourth-order valence-electron chi connectivity index (χ4n) is 2.32. The lowest BCUT2D eigenvalue weighted by molar-refractivity contribution is -0.137. The second-order valence-corrected chi connectivity index (χ2v) is 6.80. The number of unbranched alkanes of at least 4 members (excludes halogenated alkanes) is 2. The Labute approximate surface area is 160 Å². The monoisotopic (exact) mass is 441 g/mol. The molecule has 2 aromatic rings. The van der Waals surface area contributed by atoms with Crippen molar-refractivity contribution >= 4 is 28.6 Å². The van der Waals surface area contributed by atoms with Gasteiger partial charge in [0.2, 0.25) is 0 Å². The van der Waals surface area contributed by atoms with Gasteiger partial charge in [0.05, 0.1) is 0 Å². The van der Waals surface area contributed by atoms with Crippen LogP contribution in [0.2, 0.25) is 0 Å². The van der Waals surface area contributed by atoms with Gasteiger partial charge in [0.15, 0.2) is 0 Å². The third kappa shape index (κ3) is 11.2. The van der Waals surface area contributed by atoms with Crippen molar-refractivity contribution in [3.05, 3.63) is 71.8 Å². The van der Waals surface area contributed by atoms with Gasteiger partial charge in [-0.1, -0.05) is 83.3 Å². The molecular formula is C21H29IO2. The van der Waals surface area contributed by atoms with Crippen molar-refractivity contribution in [2.45, 2.75) is 44.9 Å². The molecule has 0 bridgehead atoms. The number of benzene rings is 2. The van der Waals surface area contributed by atoms with Gasteiger partial charge in [-0.3, -0.25) is 4.79 Å². The molecule has 3 heteroatoms. The lowest BCUT2D eigenvalue weighted by Crippen LogP contribution is -1.94. The van der Waals surface area contributed by atoms with E-state index in [1.807, 2.05) is 18.2 Å². The van der Waals surface area contributed by atoms with E-state index in [1.165, 1.54) is 34.8 Å². The molecule has 2 nitrogen and oxygen atoms in total. The minimum absolute atomic E-state index is 0. The van der Waals surface area contributed by atoms with Crippen molar-refractivity contribution in [1.29, 1.82) is 0 Å². The van der Waals surface area contributed by atoms with Crippen LogP contribution in [0.5, 0.6) is 0 Å². The molecule has 0 saturated carbocycles. The summed E-state index contributed by atoms with van der Waals surface area (Å²) in [5.41, 5.74) is 2.75. The van der Waals surface area contributed by atoms with E-state index >= 15 is 0 Å². The largest absolute Gasteiger partial charge is 0.481 e. The summed E-state index contributed by atoms with van der Waals surface area (Å²) >= 11 is 2.43. The fourth-order valence-corrected chi connectivity index (χ4v) is 2.86. The Morgan fingerprint density at radius 1 is 0.792 bits per heavy atom. The molecule has 0 amide bonds. The maximum absolute atomic E-state index is 10.2. The van der Waals surface area contributed by atoms with Gasteiger partial charge in [-0.05, 0) is 54.1 Å². The number of alkyl halides is 1. The van der Waals surface area contributed by atoms with Crippen LogP contribution in [0.3, 0.4) is 0 Å². The summed E-state index contributed by atoms with van der Waals surface area (Å²) in [6.45, 7) is 0. The van der Waals surface area contributed by atoms with E-state index in [1.54, 1.807) is 0 Å². The summed E-state index contributed by atoms with van der Waals surface area (Å²) in [7, 11) is 0. The zero-order valence-corrected chi connectivity index (χ0v) is 16.3. The molecule has 132 valence electrons. The second kappa shape index (κ2) is 14.0. The molecule has 0 saturated heterocycles. The van der Waals surface area contributed by atoms with Crippen LogP contribution in [-0.2, 0) is 17.6 Å². The minimum Gasteiger partial charge on any atom is -0.481 e. The molecule has 0 radical (unpaired) electrons. The molecule has 2 aromatic carbocycles. The molecule has 0 aliphatic heterocycles. The SMILES string of the molecule is ICCCCc1ccccc1.O=C(O)CCCCc1ccccc1.[2HH]. The third-order valence-corrected chi connectivity index (χ3v) is 4.40. The van der Waals surface area contributed by atoms with Gasteiger partial charge >= 0.3 is 5.97 Å². The Kier molecular flexibility index (Phi) is 12.1. The van der Waals surface area contributed by atoms with Crippen molar-refractivity contribution in [2.24, 2.45) is 0 Å². The molecule has 0 aliphatic carbocycles. The number of carboxylic acid groups (broad SMARTS) is 1. The highest BCUT2D eigenvalue weighted by Crippen LogP contribution is 2.06. The molecule has 0 spiro atoms. The summed E-state index contributed by atoms with van der Waals surface area (Å²) in [5.74, 6) is -0.701. The van der Waals surface area contributed by atoms with E-state index in [0.29, 0.717) is 0 Å². The van der Waals surface area contributed by atoms with E-state index < -0.39 is 5.97 Å². The van der Waals surface area contributed by atoms with Crippen LogP contribution in [0.15, 0.2) is 60.7 Å². The number of halogens is 1. The van der Waals surface area contributed by atoms with Crippen LogP contribution in [0.1, 0.15) is 44.7 Å². The number of aliphatic carboxylic acids is 1. The van der Waals surface area contributed by atoms with Gasteiger partial charge in [-0.15, -0.1) is 0 Å². The highest BCUT2D eigenvalue weighted by atomic mass is 127. The molecule has 0 fully saturated rings. The van der Waals surface area contributed by atoms with Crippen LogP contribution in [-0.4, -0.2) is 15.5 Å². The van der Waals surface area contributed by atoms with Gasteiger partial charge in [0.1, 0.15) is 0 Å². The molecule has 0 unspecified atom stereocenters. The lowest BCUT2D eigenvalue weighted by atomic mass is 10.1. The maximum atomic E-state index is 10.2. The van der Waals surface area contributed by atoms with Gasteiger partial charge in [-0.25, -0.2) is 0 Å². The van der Waals surface area contributed by atoms with E-state index in [2.05, 4.69) is 65.1 Å². The lowest BCUT2D eigenvalue weighted by Gasteiger charge is -1.98. The Morgan fingerprint density at radius 2 is 1.25 bits per heavy atom. The Bertz CT molecular complexity index is 546. The third-order valence-electron chi connectivity index (χ3n) is 3.64. The van der Waals surface area contributed by atoms with E-state index in [4.69, 9.17) is 5.11 Å². The van der Waals surface area contributed by atoms with Crippen LogP contribution >= 0.6 is 22.6 Å². The molecule has 0 aromatic heterocycles. The first-order chi connectivity index (χ1) is 11.7. The van der Waals surface area contributed by atoms with Crippen molar-refractivity contribution in [3.8, 4) is 0 Å². The van der Waals surface area contributed by atoms with Crippen molar-refractivity contribution in [1.82, 2.24) is 0 Å².